The number of carboxylic acid groups (broad SMARTS) is 1. The summed E-state index contributed by atoms with van der Waals surface area (Å²) in [6.07, 6.45) is 2.13. The fraction of sp³-hybridized carbons (Fsp3) is 0.500. The number of carbonyl (C=O) groups excluding carboxylic acids is 1. The van der Waals surface area contributed by atoms with Gasteiger partial charge in [-0.1, -0.05) is 13.8 Å². The van der Waals surface area contributed by atoms with Crippen LogP contribution in [-0.2, 0) is 4.79 Å². The number of hydrazone groups is 1. The van der Waals surface area contributed by atoms with Crippen molar-refractivity contribution in [3.05, 3.63) is 24.2 Å². The number of carbonyl (C=O) groups is 1. The molecule has 6 nitrogen and oxygen atoms in total. The van der Waals surface area contributed by atoms with Gasteiger partial charge in [0.25, 0.3) is 0 Å². The monoisotopic (exact) mass is 251 g/mol. The highest BCUT2D eigenvalue weighted by atomic mass is 16.4. The summed E-state index contributed by atoms with van der Waals surface area (Å²) in [5, 5.41) is 16.9. The molecule has 2 heterocycles. The average molecular weight is 251 g/mol. The maximum atomic E-state index is 11.0. The third-order valence-electron chi connectivity index (χ3n) is 3.01. The molecule has 1 aromatic rings. The summed E-state index contributed by atoms with van der Waals surface area (Å²) in [5.41, 5.74) is 3.72. The lowest BCUT2D eigenvalue weighted by Crippen LogP contribution is -3.00. The Labute approximate surface area is 105 Å². The zero-order valence-electron chi connectivity index (χ0n) is 10.4. The van der Waals surface area contributed by atoms with Gasteiger partial charge in [-0.05, 0) is 12.1 Å². The van der Waals surface area contributed by atoms with E-state index in [0.29, 0.717) is 12.2 Å². The van der Waals surface area contributed by atoms with E-state index in [9.17, 15) is 9.90 Å². The maximum Gasteiger partial charge on any atom is 0.180 e. The molecule has 0 unspecified atom stereocenters. The molecule has 0 fully saturated rings. The van der Waals surface area contributed by atoms with Crippen LogP contribution in [0.4, 0.5) is 0 Å². The molecule has 2 rings (SSSR count). The highest BCUT2D eigenvalue weighted by Gasteiger charge is 2.28. The van der Waals surface area contributed by atoms with E-state index in [2.05, 4.69) is 10.5 Å². The van der Waals surface area contributed by atoms with E-state index in [4.69, 9.17) is 4.42 Å². The van der Waals surface area contributed by atoms with Crippen molar-refractivity contribution < 1.29 is 19.6 Å². The topological polar surface area (TPSA) is 94.3 Å². The van der Waals surface area contributed by atoms with Gasteiger partial charge in [-0.15, -0.1) is 0 Å². The molecule has 1 aliphatic heterocycles. The summed E-state index contributed by atoms with van der Waals surface area (Å²) < 4.78 is 5.25. The third kappa shape index (κ3) is 2.70. The molecule has 0 amide bonds. The Hall–Kier alpha value is -1.82. The minimum absolute atomic E-state index is 0.00413. The minimum atomic E-state index is -1.04. The molecule has 18 heavy (non-hydrogen) atoms. The number of carboxylic acids is 1. The van der Waals surface area contributed by atoms with E-state index in [1.165, 1.54) is 0 Å². The molecule has 0 saturated carbocycles. The van der Waals surface area contributed by atoms with Gasteiger partial charge in [-0.3, -0.25) is 5.43 Å². The first kappa shape index (κ1) is 12.6. The number of nitrogens with zero attached hydrogens (tertiary/aromatic N) is 1. The normalized spacial score (nSPS) is 20.6. The highest BCUT2D eigenvalue weighted by Crippen LogP contribution is 2.10. The van der Waals surface area contributed by atoms with Crippen LogP contribution in [-0.4, -0.2) is 23.9 Å². The van der Waals surface area contributed by atoms with Crippen molar-refractivity contribution in [2.45, 2.75) is 32.5 Å². The first-order valence-electron chi connectivity index (χ1n) is 5.99. The second kappa shape index (κ2) is 5.22. The molecule has 0 bridgehead atoms. The molecular formula is C12H17N3O3. The van der Waals surface area contributed by atoms with Crippen LogP contribution in [0.1, 0.15) is 26.0 Å². The molecule has 6 heteroatoms. The number of quaternary nitrogens is 1. The molecule has 98 valence electrons. The van der Waals surface area contributed by atoms with Crippen molar-refractivity contribution in [2.75, 3.05) is 0 Å². The predicted octanol–water partition coefficient (Wildman–Crippen LogP) is -1.36. The number of rotatable bonds is 5. The fourth-order valence-electron chi connectivity index (χ4n) is 1.99. The zero-order chi connectivity index (χ0) is 13.1. The number of furan rings is 1. The maximum absolute atomic E-state index is 11.0. The zero-order valence-corrected chi connectivity index (χ0v) is 10.4. The average Bonchev–Trinajstić information content (AvgIpc) is 2.95. The second-order valence-electron chi connectivity index (χ2n) is 4.76. The van der Waals surface area contributed by atoms with Crippen LogP contribution in [0.15, 0.2) is 27.9 Å². The summed E-state index contributed by atoms with van der Waals surface area (Å²) in [5.74, 6) is -0.323. The molecule has 0 radical (unpaired) electrons. The largest absolute Gasteiger partial charge is 0.544 e. The van der Waals surface area contributed by atoms with Crippen molar-refractivity contribution in [3.8, 4) is 0 Å². The molecular weight excluding hydrogens is 234 g/mol. The molecule has 0 saturated heterocycles. The lowest BCUT2D eigenvalue weighted by Gasteiger charge is -2.23. The van der Waals surface area contributed by atoms with Gasteiger partial charge in [0.15, 0.2) is 6.17 Å². The molecule has 1 aromatic heterocycles. The quantitative estimate of drug-likeness (QED) is 0.676. The number of hydrogen-bond donors (Lipinski definition) is 2. The van der Waals surface area contributed by atoms with Gasteiger partial charge in [0, 0.05) is 5.92 Å². The van der Waals surface area contributed by atoms with Crippen LogP contribution in [0, 0.1) is 5.92 Å². The van der Waals surface area contributed by atoms with Gasteiger partial charge in [0.1, 0.15) is 17.5 Å². The molecule has 0 aliphatic carbocycles. The van der Waals surface area contributed by atoms with Crippen LogP contribution >= 0.6 is 0 Å². The van der Waals surface area contributed by atoms with Crippen LogP contribution in [0.2, 0.25) is 0 Å². The van der Waals surface area contributed by atoms with Crippen molar-refractivity contribution in [1.29, 1.82) is 0 Å². The minimum Gasteiger partial charge on any atom is -0.544 e. The number of nitrogens with two attached hydrogens (primary N) is 1. The molecule has 1 aliphatic rings. The third-order valence-corrected chi connectivity index (χ3v) is 3.01. The Bertz CT molecular complexity index is 439. The Kier molecular flexibility index (Phi) is 3.66. The molecule has 0 aromatic carbocycles. The smallest absolute Gasteiger partial charge is 0.180 e. The SMILES string of the molecule is CC(C)[C@@H]([NH2+][C@H]1CC(c2ccco2)=NN1)C(=O)[O-]. The molecule has 3 N–H and O–H groups in total. The van der Waals surface area contributed by atoms with Gasteiger partial charge in [-0.25, -0.2) is 0 Å². The number of hydrogen-bond acceptors (Lipinski definition) is 5. The van der Waals surface area contributed by atoms with E-state index in [1.54, 1.807) is 17.6 Å². The Morgan fingerprint density at radius 1 is 1.67 bits per heavy atom. The van der Waals surface area contributed by atoms with Crippen LogP contribution in [0.5, 0.6) is 0 Å². The molecule has 2 atom stereocenters. The van der Waals surface area contributed by atoms with Crippen LogP contribution in [0.25, 0.3) is 0 Å². The first-order valence-corrected chi connectivity index (χ1v) is 5.99. The van der Waals surface area contributed by atoms with E-state index in [0.717, 1.165) is 5.71 Å². The standard InChI is InChI=1S/C12H17N3O3/c1-7(2)11(12(16)17)13-10-6-8(14-15-10)9-4-3-5-18-9/h3-5,7,10-11,13,15H,6H2,1-2H3,(H,16,17)/t10-,11-/m1/s1. The van der Waals surface area contributed by atoms with Gasteiger partial charge in [0.2, 0.25) is 0 Å². The molecule has 0 spiro atoms. The summed E-state index contributed by atoms with van der Waals surface area (Å²) in [6.45, 7) is 3.72. The van der Waals surface area contributed by atoms with E-state index >= 15 is 0 Å². The van der Waals surface area contributed by atoms with Crippen molar-refractivity contribution in [3.63, 3.8) is 0 Å². The van der Waals surface area contributed by atoms with Crippen molar-refractivity contribution in [2.24, 2.45) is 11.0 Å². The van der Waals surface area contributed by atoms with Gasteiger partial charge in [-0.2, -0.15) is 5.10 Å². The fourth-order valence-corrected chi connectivity index (χ4v) is 1.99. The lowest BCUT2D eigenvalue weighted by atomic mass is 10.0. The van der Waals surface area contributed by atoms with Gasteiger partial charge >= 0.3 is 0 Å². The van der Waals surface area contributed by atoms with Crippen LogP contribution < -0.4 is 15.8 Å². The summed E-state index contributed by atoms with van der Waals surface area (Å²) in [6, 6.07) is 3.06. The van der Waals surface area contributed by atoms with E-state index in [-0.39, 0.29) is 12.1 Å². The number of aliphatic carboxylic acids is 1. The van der Waals surface area contributed by atoms with Crippen molar-refractivity contribution in [1.82, 2.24) is 5.43 Å². The Morgan fingerprint density at radius 3 is 3.00 bits per heavy atom. The number of nitrogens with one attached hydrogen (secondary N) is 1. The van der Waals surface area contributed by atoms with E-state index < -0.39 is 12.0 Å². The summed E-state index contributed by atoms with van der Waals surface area (Å²) in [7, 11) is 0. The van der Waals surface area contributed by atoms with E-state index in [1.807, 2.05) is 19.9 Å². The van der Waals surface area contributed by atoms with Gasteiger partial charge < -0.3 is 19.6 Å². The second-order valence-corrected chi connectivity index (χ2v) is 4.76. The van der Waals surface area contributed by atoms with Crippen molar-refractivity contribution >= 4 is 11.7 Å². The lowest BCUT2D eigenvalue weighted by molar-refractivity contribution is -0.723. The highest BCUT2D eigenvalue weighted by molar-refractivity contribution is 5.99. The predicted molar refractivity (Wildman–Crippen MR) is 62.3 cm³/mol. The Morgan fingerprint density at radius 2 is 2.44 bits per heavy atom. The first-order chi connectivity index (χ1) is 8.58. The van der Waals surface area contributed by atoms with Gasteiger partial charge in [0.05, 0.1) is 18.7 Å². The Balaban J connectivity index is 1.93. The summed E-state index contributed by atoms with van der Waals surface area (Å²) >= 11 is 0. The van der Waals surface area contributed by atoms with Crippen LogP contribution in [0.3, 0.4) is 0 Å². The summed E-state index contributed by atoms with van der Waals surface area (Å²) in [4.78, 5) is 11.0.